The Kier molecular flexibility index (Phi) is 5.45. The number of nitrogens with one attached hydrogen (secondary N) is 1. The van der Waals surface area contributed by atoms with Gasteiger partial charge in [0.05, 0.1) is 0 Å². The van der Waals surface area contributed by atoms with Crippen molar-refractivity contribution < 1.29 is 9.59 Å². The van der Waals surface area contributed by atoms with Crippen molar-refractivity contribution in [1.29, 1.82) is 0 Å². The van der Waals surface area contributed by atoms with Crippen LogP contribution in [0.5, 0.6) is 0 Å². The number of carbonyl (C=O) groups excluding carboxylic acids is 2. The van der Waals surface area contributed by atoms with E-state index < -0.39 is 0 Å². The predicted octanol–water partition coefficient (Wildman–Crippen LogP) is 1.41. The summed E-state index contributed by atoms with van der Waals surface area (Å²) in [6.45, 7) is 8.09. The minimum Gasteiger partial charge on any atom is -0.356 e. The Bertz CT molecular complexity index is 269. The van der Waals surface area contributed by atoms with Crippen molar-refractivity contribution in [3.05, 3.63) is 0 Å². The van der Waals surface area contributed by atoms with Crippen LogP contribution in [0.3, 0.4) is 0 Å². The molecule has 0 saturated carbocycles. The molecule has 0 aromatic carbocycles. The van der Waals surface area contributed by atoms with Crippen molar-refractivity contribution in [2.24, 2.45) is 11.8 Å². The molecular weight excluding hydrogens is 216 g/mol. The van der Waals surface area contributed by atoms with Gasteiger partial charge in [0, 0.05) is 32.5 Å². The molecule has 0 bridgehead atoms. The molecule has 0 aromatic rings. The van der Waals surface area contributed by atoms with Crippen LogP contribution >= 0.6 is 0 Å². The third-order valence-corrected chi connectivity index (χ3v) is 3.33. The van der Waals surface area contributed by atoms with Crippen LogP contribution in [0.4, 0.5) is 0 Å². The highest BCUT2D eigenvalue weighted by Crippen LogP contribution is 2.17. The summed E-state index contributed by atoms with van der Waals surface area (Å²) in [4.78, 5) is 24.8. The van der Waals surface area contributed by atoms with E-state index in [0.717, 1.165) is 38.9 Å². The Morgan fingerprint density at radius 2 is 1.88 bits per heavy atom. The maximum absolute atomic E-state index is 11.8. The number of carbonyl (C=O) groups is 2. The van der Waals surface area contributed by atoms with Gasteiger partial charge < -0.3 is 10.2 Å². The van der Waals surface area contributed by atoms with Gasteiger partial charge in [-0.3, -0.25) is 9.59 Å². The molecule has 98 valence electrons. The van der Waals surface area contributed by atoms with Crippen LogP contribution in [0, 0.1) is 11.8 Å². The molecule has 1 N–H and O–H groups in total. The van der Waals surface area contributed by atoms with Crippen LogP contribution in [-0.4, -0.2) is 36.3 Å². The van der Waals surface area contributed by atoms with E-state index in [9.17, 15) is 9.59 Å². The van der Waals surface area contributed by atoms with Gasteiger partial charge in [0.1, 0.15) is 0 Å². The Morgan fingerprint density at radius 1 is 1.29 bits per heavy atom. The SMILES string of the molecule is CC(=O)N1CCC(C(=O)NCCC(C)C)CC1. The Hall–Kier alpha value is -1.06. The number of likely N-dealkylation sites (tertiary alicyclic amines) is 1. The first-order valence-electron chi connectivity index (χ1n) is 6.54. The molecule has 1 heterocycles. The van der Waals surface area contributed by atoms with E-state index in [-0.39, 0.29) is 17.7 Å². The Labute approximate surface area is 104 Å². The molecular formula is C13H24N2O2. The van der Waals surface area contributed by atoms with E-state index in [0.29, 0.717) is 5.92 Å². The standard InChI is InChI=1S/C13H24N2O2/c1-10(2)4-7-14-13(17)12-5-8-15(9-6-12)11(3)16/h10,12H,4-9H2,1-3H3,(H,14,17). The first kappa shape index (κ1) is 14.0. The van der Waals surface area contributed by atoms with Gasteiger partial charge in [-0.15, -0.1) is 0 Å². The smallest absolute Gasteiger partial charge is 0.223 e. The molecule has 1 aliphatic heterocycles. The van der Waals surface area contributed by atoms with E-state index in [2.05, 4.69) is 19.2 Å². The quantitative estimate of drug-likeness (QED) is 0.807. The predicted molar refractivity (Wildman–Crippen MR) is 67.4 cm³/mol. The fourth-order valence-electron chi connectivity index (χ4n) is 2.08. The molecule has 0 aromatic heterocycles. The highest BCUT2D eigenvalue weighted by atomic mass is 16.2. The van der Waals surface area contributed by atoms with Gasteiger partial charge in [0.2, 0.25) is 11.8 Å². The number of hydrogen-bond donors (Lipinski definition) is 1. The van der Waals surface area contributed by atoms with Crippen molar-refractivity contribution in [3.8, 4) is 0 Å². The van der Waals surface area contributed by atoms with Crippen LogP contribution in [0.1, 0.15) is 40.0 Å². The van der Waals surface area contributed by atoms with Gasteiger partial charge in [-0.2, -0.15) is 0 Å². The zero-order valence-corrected chi connectivity index (χ0v) is 11.2. The fourth-order valence-corrected chi connectivity index (χ4v) is 2.08. The zero-order chi connectivity index (χ0) is 12.8. The zero-order valence-electron chi connectivity index (χ0n) is 11.2. The van der Waals surface area contributed by atoms with E-state index in [1.54, 1.807) is 6.92 Å². The lowest BCUT2D eigenvalue weighted by Gasteiger charge is -2.30. The van der Waals surface area contributed by atoms with E-state index >= 15 is 0 Å². The highest BCUT2D eigenvalue weighted by Gasteiger charge is 2.25. The van der Waals surface area contributed by atoms with E-state index in [1.807, 2.05) is 4.90 Å². The molecule has 0 spiro atoms. The van der Waals surface area contributed by atoms with Crippen LogP contribution in [-0.2, 0) is 9.59 Å². The van der Waals surface area contributed by atoms with Crippen molar-refractivity contribution in [1.82, 2.24) is 10.2 Å². The Balaban J connectivity index is 2.24. The summed E-state index contributed by atoms with van der Waals surface area (Å²) in [5, 5.41) is 2.99. The lowest BCUT2D eigenvalue weighted by atomic mass is 9.96. The molecule has 1 fully saturated rings. The molecule has 0 atom stereocenters. The van der Waals surface area contributed by atoms with Crippen molar-refractivity contribution >= 4 is 11.8 Å². The van der Waals surface area contributed by atoms with Crippen LogP contribution < -0.4 is 5.32 Å². The number of piperidine rings is 1. The molecule has 0 radical (unpaired) electrons. The number of nitrogens with zero attached hydrogens (tertiary/aromatic N) is 1. The first-order chi connectivity index (χ1) is 8.00. The molecule has 4 nitrogen and oxygen atoms in total. The molecule has 1 saturated heterocycles. The first-order valence-corrected chi connectivity index (χ1v) is 6.54. The summed E-state index contributed by atoms with van der Waals surface area (Å²) in [6.07, 6.45) is 2.62. The average molecular weight is 240 g/mol. The lowest BCUT2D eigenvalue weighted by Crippen LogP contribution is -2.42. The van der Waals surface area contributed by atoms with Crippen LogP contribution in [0.2, 0.25) is 0 Å². The van der Waals surface area contributed by atoms with E-state index in [1.165, 1.54) is 0 Å². The van der Waals surface area contributed by atoms with Gasteiger partial charge >= 0.3 is 0 Å². The van der Waals surface area contributed by atoms with Gasteiger partial charge in [-0.25, -0.2) is 0 Å². The van der Waals surface area contributed by atoms with Crippen LogP contribution in [0.25, 0.3) is 0 Å². The summed E-state index contributed by atoms with van der Waals surface area (Å²) >= 11 is 0. The molecule has 2 amide bonds. The molecule has 1 rings (SSSR count). The summed E-state index contributed by atoms with van der Waals surface area (Å²) in [7, 11) is 0. The van der Waals surface area contributed by atoms with E-state index in [4.69, 9.17) is 0 Å². The Morgan fingerprint density at radius 3 is 2.35 bits per heavy atom. The summed E-state index contributed by atoms with van der Waals surface area (Å²) in [5.74, 6) is 0.991. The normalized spacial score (nSPS) is 17.3. The maximum Gasteiger partial charge on any atom is 0.223 e. The topological polar surface area (TPSA) is 49.4 Å². The monoisotopic (exact) mass is 240 g/mol. The second-order valence-corrected chi connectivity index (χ2v) is 5.25. The second-order valence-electron chi connectivity index (χ2n) is 5.25. The molecule has 1 aliphatic rings. The minimum absolute atomic E-state index is 0.0952. The third-order valence-electron chi connectivity index (χ3n) is 3.33. The summed E-state index contributed by atoms with van der Waals surface area (Å²) in [5.41, 5.74) is 0. The third kappa shape index (κ3) is 4.75. The van der Waals surface area contributed by atoms with Crippen molar-refractivity contribution in [3.63, 3.8) is 0 Å². The van der Waals surface area contributed by atoms with Crippen LogP contribution in [0.15, 0.2) is 0 Å². The number of rotatable bonds is 4. The summed E-state index contributed by atoms with van der Waals surface area (Å²) < 4.78 is 0. The van der Waals surface area contributed by atoms with Gasteiger partial charge in [0.25, 0.3) is 0 Å². The maximum atomic E-state index is 11.8. The average Bonchev–Trinajstić information content (AvgIpc) is 2.28. The summed E-state index contributed by atoms with van der Waals surface area (Å²) in [6, 6.07) is 0. The van der Waals surface area contributed by atoms with Crippen molar-refractivity contribution in [2.75, 3.05) is 19.6 Å². The largest absolute Gasteiger partial charge is 0.356 e. The second kappa shape index (κ2) is 6.62. The van der Waals surface area contributed by atoms with Gasteiger partial charge in [-0.1, -0.05) is 13.8 Å². The molecule has 0 unspecified atom stereocenters. The molecule has 17 heavy (non-hydrogen) atoms. The number of hydrogen-bond acceptors (Lipinski definition) is 2. The number of amides is 2. The highest BCUT2D eigenvalue weighted by molar-refractivity contribution is 5.79. The molecule has 4 heteroatoms. The lowest BCUT2D eigenvalue weighted by molar-refractivity contribution is -0.133. The fraction of sp³-hybridized carbons (Fsp3) is 0.846. The van der Waals surface area contributed by atoms with Crippen molar-refractivity contribution in [2.45, 2.75) is 40.0 Å². The van der Waals surface area contributed by atoms with Gasteiger partial charge in [-0.05, 0) is 25.2 Å². The molecule has 0 aliphatic carbocycles. The minimum atomic E-state index is 0.0952. The van der Waals surface area contributed by atoms with Gasteiger partial charge in [0.15, 0.2) is 0 Å².